The van der Waals surface area contributed by atoms with Crippen molar-refractivity contribution in [2.24, 2.45) is 17.8 Å². The molecule has 1 aliphatic heterocycles. The number of rotatable bonds is 0. The van der Waals surface area contributed by atoms with Crippen molar-refractivity contribution < 1.29 is 9.48 Å². The van der Waals surface area contributed by atoms with Gasteiger partial charge in [0.15, 0.2) is 11.8 Å². The molecule has 0 spiro atoms. The number of amides is 1. The molecule has 2 bridgehead atoms. The first kappa shape index (κ1) is 10.1. The van der Waals surface area contributed by atoms with Crippen molar-refractivity contribution in [1.82, 2.24) is 5.01 Å². The maximum Gasteiger partial charge on any atom is 0.287 e. The molecule has 1 saturated heterocycles. The molecule has 0 radical (unpaired) electrons. The van der Waals surface area contributed by atoms with Crippen molar-refractivity contribution in [3.8, 4) is 0 Å². The molecule has 0 unspecified atom stereocenters. The van der Waals surface area contributed by atoms with Crippen LogP contribution in [0.3, 0.4) is 0 Å². The lowest BCUT2D eigenvalue weighted by molar-refractivity contribution is -0.686. The first-order valence-electron chi connectivity index (χ1n) is 7.19. The van der Waals surface area contributed by atoms with E-state index in [1.807, 2.05) is 12.1 Å². The lowest BCUT2D eigenvalue weighted by Crippen LogP contribution is -2.38. The third-order valence-electron chi connectivity index (χ3n) is 5.59. The quantitative estimate of drug-likeness (QED) is 0.585. The third kappa shape index (κ3) is 1.18. The van der Waals surface area contributed by atoms with Gasteiger partial charge in [0, 0.05) is 18.8 Å². The second-order valence-corrected chi connectivity index (χ2v) is 6.33. The predicted molar refractivity (Wildman–Crippen MR) is 64.6 cm³/mol. The maximum atomic E-state index is 12.4. The molecule has 3 aliphatic carbocycles. The van der Waals surface area contributed by atoms with Crippen LogP contribution < -0.4 is 0 Å². The topological polar surface area (TPSA) is 23.3 Å². The number of hydrogen-bond acceptors (Lipinski definition) is 1. The van der Waals surface area contributed by atoms with Gasteiger partial charge < -0.3 is 0 Å². The highest BCUT2D eigenvalue weighted by molar-refractivity contribution is 5.85. The van der Waals surface area contributed by atoms with E-state index >= 15 is 0 Å². The Hall–Kier alpha value is -0.860. The Balaban J connectivity index is 1.80. The summed E-state index contributed by atoms with van der Waals surface area (Å²) in [5.74, 6) is 2.24. The molecule has 4 fully saturated rings. The van der Waals surface area contributed by atoms with Gasteiger partial charge in [-0.25, -0.2) is 0 Å². The molecule has 0 aromatic carbocycles. The number of hydrogen-bond donors (Lipinski definition) is 0. The Morgan fingerprint density at radius 2 is 1.88 bits per heavy atom. The van der Waals surface area contributed by atoms with Gasteiger partial charge in [0.1, 0.15) is 5.92 Å². The summed E-state index contributed by atoms with van der Waals surface area (Å²) < 4.78 is 2.42. The normalized spacial score (nSPS) is 44.1. The van der Waals surface area contributed by atoms with Crippen LogP contribution >= 0.6 is 0 Å². The molecule has 92 valence electrons. The van der Waals surface area contributed by atoms with Crippen molar-refractivity contribution in [2.75, 3.05) is 7.05 Å². The Bertz CT molecular complexity index is 406. The van der Waals surface area contributed by atoms with Crippen molar-refractivity contribution in [3.05, 3.63) is 0 Å². The van der Waals surface area contributed by atoms with E-state index in [0.29, 0.717) is 23.8 Å². The van der Waals surface area contributed by atoms with E-state index in [2.05, 4.69) is 4.68 Å². The minimum atomic E-state index is 0.340. The van der Waals surface area contributed by atoms with Gasteiger partial charge in [-0.1, -0.05) is 0 Å². The highest BCUT2D eigenvalue weighted by Gasteiger charge is 2.64. The van der Waals surface area contributed by atoms with Gasteiger partial charge >= 0.3 is 0 Å². The lowest BCUT2D eigenvalue weighted by Gasteiger charge is -2.18. The number of hydrazine groups is 1. The van der Waals surface area contributed by atoms with Crippen LogP contribution in [0.15, 0.2) is 0 Å². The van der Waals surface area contributed by atoms with E-state index in [1.165, 1.54) is 44.9 Å². The number of fused-ring (bicyclic) bond motifs is 5. The molecule has 1 amide bonds. The van der Waals surface area contributed by atoms with E-state index in [0.717, 1.165) is 5.92 Å². The highest BCUT2D eigenvalue weighted by Crippen LogP contribution is 2.53. The van der Waals surface area contributed by atoms with Crippen LogP contribution in [0.1, 0.15) is 44.9 Å². The standard InChI is InChI=1S/C14H21N2O/c1-15-14(17)12-9-6-7-10(8-9)13(12)16(15)11-4-2-3-5-11/h9-10,12-13H,2-8H2,1H3/q+1/t9-,10+,12+,13-/m1/s1. The lowest BCUT2D eigenvalue weighted by atomic mass is 9.85. The van der Waals surface area contributed by atoms with Crippen LogP contribution in [0, 0.1) is 17.8 Å². The van der Waals surface area contributed by atoms with E-state index in [4.69, 9.17) is 0 Å². The smallest absolute Gasteiger partial charge is 0.268 e. The molecule has 3 saturated carbocycles. The average molecular weight is 233 g/mol. The summed E-state index contributed by atoms with van der Waals surface area (Å²) in [7, 11) is 1.99. The van der Waals surface area contributed by atoms with Crippen molar-refractivity contribution in [1.29, 1.82) is 0 Å². The van der Waals surface area contributed by atoms with Gasteiger partial charge in [-0.3, -0.25) is 4.79 Å². The fourth-order valence-corrected chi connectivity index (χ4v) is 4.92. The zero-order valence-electron chi connectivity index (χ0n) is 10.6. The van der Waals surface area contributed by atoms with Crippen LogP contribution in [-0.2, 0) is 4.79 Å². The van der Waals surface area contributed by atoms with E-state index in [9.17, 15) is 4.79 Å². The maximum absolute atomic E-state index is 12.4. The third-order valence-corrected chi connectivity index (χ3v) is 5.59. The molecular weight excluding hydrogens is 212 g/mol. The first-order chi connectivity index (χ1) is 8.27. The summed E-state index contributed by atoms with van der Waals surface area (Å²) in [5, 5.41) is 1.96. The molecule has 3 nitrogen and oxygen atoms in total. The van der Waals surface area contributed by atoms with Crippen LogP contribution in [0.5, 0.6) is 0 Å². The molecule has 4 atom stereocenters. The number of nitrogens with zero attached hydrogens (tertiary/aromatic N) is 2. The van der Waals surface area contributed by atoms with Crippen molar-refractivity contribution >= 4 is 11.6 Å². The molecule has 0 aromatic heterocycles. The number of carbonyl (C=O) groups excluding carboxylic acids is 1. The van der Waals surface area contributed by atoms with E-state index < -0.39 is 0 Å². The average Bonchev–Trinajstić information content (AvgIpc) is 3.04. The number of hydrazone groups is 1. The zero-order chi connectivity index (χ0) is 11.6. The second kappa shape index (κ2) is 3.33. The highest BCUT2D eigenvalue weighted by atomic mass is 16.2. The fraction of sp³-hybridized carbons (Fsp3) is 0.857. The molecular formula is C14H21N2O+. The Kier molecular flexibility index (Phi) is 1.98. The Morgan fingerprint density at radius 3 is 2.65 bits per heavy atom. The van der Waals surface area contributed by atoms with E-state index in [-0.39, 0.29) is 0 Å². The SMILES string of the molecule is CN1C(=O)[C@H]2[C@@H]3CC[C@@H](C3)[C@H]2[N+]1=C1CCCC1. The summed E-state index contributed by atoms with van der Waals surface area (Å²) >= 11 is 0. The summed E-state index contributed by atoms with van der Waals surface area (Å²) in [6.45, 7) is 0. The van der Waals surface area contributed by atoms with Gasteiger partial charge in [0.05, 0.1) is 7.05 Å². The molecule has 0 aromatic rings. The summed E-state index contributed by atoms with van der Waals surface area (Å²) in [6.07, 6.45) is 9.05. The van der Waals surface area contributed by atoms with Crippen molar-refractivity contribution in [2.45, 2.75) is 51.0 Å². The minimum absolute atomic E-state index is 0.340. The summed E-state index contributed by atoms with van der Waals surface area (Å²) in [6, 6.07) is 0.541. The van der Waals surface area contributed by atoms with Crippen LogP contribution in [0.25, 0.3) is 0 Å². The first-order valence-corrected chi connectivity index (χ1v) is 7.19. The Labute approximate surface area is 102 Å². The van der Waals surface area contributed by atoms with Crippen LogP contribution in [0.2, 0.25) is 0 Å². The molecule has 0 N–H and O–H groups in total. The van der Waals surface area contributed by atoms with Crippen LogP contribution in [0.4, 0.5) is 0 Å². The van der Waals surface area contributed by atoms with Crippen molar-refractivity contribution in [3.63, 3.8) is 0 Å². The zero-order valence-corrected chi connectivity index (χ0v) is 10.6. The summed E-state index contributed by atoms with van der Waals surface area (Å²) in [4.78, 5) is 12.4. The largest absolute Gasteiger partial charge is 0.287 e. The van der Waals surface area contributed by atoms with Gasteiger partial charge in [0.2, 0.25) is 0 Å². The van der Waals surface area contributed by atoms with Crippen LogP contribution in [-0.4, -0.2) is 34.4 Å². The fourth-order valence-electron chi connectivity index (χ4n) is 4.92. The molecule has 4 aliphatic rings. The molecule has 4 rings (SSSR count). The van der Waals surface area contributed by atoms with Gasteiger partial charge in [-0.2, -0.15) is 0 Å². The Morgan fingerprint density at radius 1 is 1.18 bits per heavy atom. The van der Waals surface area contributed by atoms with Gasteiger partial charge in [-0.15, -0.1) is 9.69 Å². The summed E-state index contributed by atoms with van der Waals surface area (Å²) in [5.41, 5.74) is 1.54. The molecule has 1 heterocycles. The van der Waals surface area contributed by atoms with E-state index in [1.54, 1.807) is 5.71 Å². The predicted octanol–water partition coefficient (Wildman–Crippen LogP) is 1.82. The molecule has 3 heteroatoms. The van der Waals surface area contributed by atoms with Gasteiger partial charge in [-0.05, 0) is 38.0 Å². The van der Waals surface area contributed by atoms with Gasteiger partial charge in [0.25, 0.3) is 5.91 Å². The number of carbonyl (C=O) groups is 1. The second-order valence-electron chi connectivity index (χ2n) is 6.33. The monoisotopic (exact) mass is 233 g/mol. The minimum Gasteiger partial charge on any atom is -0.268 e. The molecule has 17 heavy (non-hydrogen) atoms.